The molecule has 1 saturated carbocycles. The molecule has 0 spiro atoms. The number of benzene rings is 2. The van der Waals surface area contributed by atoms with Crippen LogP contribution in [-0.2, 0) is 22.6 Å². The van der Waals surface area contributed by atoms with E-state index in [0.29, 0.717) is 48.3 Å². The van der Waals surface area contributed by atoms with Crippen LogP contribution in [0.5, 0.6) is 0 Å². The van der Waals surface area contributed by atoms with Crippen LogP contribution in [0.2, 0.25) is 0 Å². The Morgan fingerprint density at radius 2 is 1.74 bits per heavy atom. The Kier molecular flexibility index (Phi) is 6.48. The molecule has 2 N–H and O–H groups in total. The van der Waals surface area contributed by atoms with E-state index in [1.807, 2.05) is 35.2 Å². The van der Waals surface area contributed by atoms with Gasteiger partial charge in [0.05, 0.1) is 30.5 Å². The fraction of sp³-hybridized carbons (Fsp3) is 0.345. The highest BCUT2D eigenvalue weighted by atomic mass is 16.3. The largest absolute Gasteiger partial charge is 0.388 e. The van der Waals surface area contributed by atoms with E-state index >= 15 is 0 Å². The molecule has 0 unspecified atom stereocenters. The second-order valence-corrected chi connectivity index (χ2v) is 10.6. The number of nitrogens with zero attached hydrogens (tertiary/aromatic N) is 5. The van der Waals surface area contributed by atoms with Crippen molar-refractivity contribution in [2.75, 3.05) is 18.4 Å². The van der Waals surface area contributed by atoms with Gasteiger partial charge in [-0.15, -0.1) is 0 Å². The smallest absolute Gasteiger partial charge is 0.264 e. The van der Waals surface area contributed by atoms with E-state index in [0.717, 1.165) is 18.4 Å². The number of aromatic nitrogens is 4. The average molecular weight is 527 g/mol. The van der Waals surface area contributed by atoms with Gasteiger partial charge in [-0.25, -0.2) is 9.67 Å². The zero-order valence-corrected chi connectivity index (χ0v) is 21.5. The first-order valence-corrected chi connectivity index (χ1v) is 13.3. The first-order valence-electron chi connectivity index (χ1n) is 13.3. The van der Waals surface area contributed by atoms with Crippen LogP contribution in [0.4, 0.5) is 5.69 Å². The van der Waals surface area contributed by atoms with Crippen molar-refractivity contribution < 1.29 is 14.7 Å². The topological polar surface area (TPSA) is 122 Å². The van der Waals surface area contributed by atoms with E-state index in [4.69, 9.17) is 0 Å². The third-order valence-corrected chi connectivity index (χ3v) is 7.55. The van der Waals surface area contributed by atoms with Gasteiger partial charge >= 0.3 is 0 Å². The van der Waals surface area contributed by atoms with E-state index < -0.39 is 5.60 Å². The summed E-state index contributed by atoms with van der Waals surface area (Å²) in [6, 6.07) is 16.7. The number of hydrogen-bond donors (Lipinski definition) is 2. The standard InChI is InChI=1S/C29H30N6O4/c36-25(16-20-4-2-1-3-5-20)32-22-8-10-23(11-9-22)35-26-24(17-31-35)28(38)34(19-30-26)18-29(39)12-14-33(15-13-29)27(37)21-6-7-21/h1-5,8-11,17,19,21,39H,6-7,12-16,18H2,(H,32,36). The molecule has 0 bridgehead atoms. The lowest BCUT2D eigenvalue weighted by Crippen LogP contribution is -2.50. The van der Waals surface area contributed by atoms with Crippen molar-refractivity contribution in [1.29, 1.82) is 0 Å². The molecule has 1 aliphatic heterocycles. The van der Waals surface area contributed by atoms with Gasteiger partial charge in [-0.1, -0.05) is 30.3 Å². The van der Waals surface area contributed by atoms with Crippen LogP contribution in [0.3, 0.4) is 0 Å². The Labute approximate surface area is 224 Å². The van der Waals surface area contributed by atoms with E-state index in [2.05, 4.69) is 15.4 Å². The maximum absolute atomic E-state index is 13.2. The highest BCUT2D eigenvalue weighted by Gasteiger charge is 2.39. The van der Waals surface area contributed by atoms with Crippen LogP contribution in [0.15, 0.2) is 71.9 Å². The second kappa shape index (κ2) is 10.1. The van der Waals surface area contributed by atoms with Gasteiger partial charge in [0.2, 0.25) is 11.8 Å². The molecule has 1 saturated heterocycles. The summed E-state index contributed by atoms with van der Waals surface area (Å²) in [7, 11) is 0. The number of likely N-dealkylation sites (tertiary alicyclic amines) is 1. The number of nitrogens with one attached hydrogen (secondary N) is 1. The van der Waals surface area contributed by atoms with Gasteiger partial charge in [0.15, 0.2) is 5.65 Å². The van der Waals surface area contributed by atoms with Crippen molar-refractivity contribution in [2.45, 2.75) is 44.2 Å². The van der Waals surface area contributed by atoms with Gasteiger partial charge in [0, 0.05) is 24.7 Å². The summed E-state index contributed by atoms with van der Waals surface area (Å²) in [6.07, 6.45) is 5.98. The normalized spacial score (nSPS) is 16.8. The molecule has 10 heteroatoms. The number of fused-ring (bicyclic) bond motifs is 1. The molecule has 200 valence electrons. The number of anilines is 1. The van der Waals surface area contributed by atoms with Crippen LogP contribution in [0.25, 0.3) is 16.7 Å². The molecule has 2 amide bonds. The van der Waals surface area contributed by atoms with Crippen molar-refractivity contribution in [2.24, 2.45) is 5.92 Å². The van der Waals surface area contributed by atoms with Crippen LogP contribution >= 0.6 is 0 Å². The zero-order chi connectivity index (χ0) is 27.0. The van der Waals surface area contributed by atoms with E-state index in [-0.39, 0.29) is 36.3 Å². The summed E-state index contributed by atoms with van der Waals surface area (Å²) >= 11 is 0. The summed E-state index contributed by atoms with van der Waals surface area (Å²) in [5, 5.41) is 18.8. The van der Waals surface area contributed by atoms with Crippen molar-refractivity contribution in [3.63, 3.8) is 0 Å². The van der Waals surface area contributed by atoms with Crippen LogP contribution in [-0.4, -0.2) is 59.8 Å². The highest BCUT2D eigenvalue weighted by molar-refractivity contribution is 5.92. The van der Waals surface area contributed by atoms with Gasteiger partial charge in [-0.05, 0) is 55.5 Å². The molecule has 3 heterocycles. The van der Waals surface area contributed by atoms with Crippen LogP contribution in [0, 0.1) is 5.92 Å². The average Bonchev–Trinajstić information content (AvgIpc) is 3.70. The number of carbonyl (C=O) groups excluding carboxylic acids is 2. The predicted octanol–water partition coefficient (Wildman–Crippen LogP) is 2.53. The Morgan fingerprint density at radius 1 is 1.03 bits per heavy atom. The second-order valence-electron chi connectivity index (χ2n) is 10.6. The lowest BCUT2D eigenvalue weighted by molar-refractivity contribution is -0.137. The number of hydrogen-bond acceptors (Lipinski definition) is 6. The van der Waals surface area contributed by atoms with Crippen LogP contribution < -0.4 is 10.9 Å². The molecule has 2 aliphatic rings. The van der Waals surface area contributed by atoms with Gasteiger partial charge < -0.3 is 15.3 Å². The minimum Gasteiger partial charge on any atom is -0.388 e. The fourth-order valence-corrected chi connectivity index (χ4v) is 5.13. The number of piperidine rings is 1. The van der Waals surface area contributed by atoms with E-state index in [1.54, 1.807) is 28.9 Å². The Morgan fingerprint density at radius 3 is 2.44 bits per heavy atom. The number of amides is 2. The van der Waals surface area contributed by atoms with Crippen molar-refractivity contribution >= 4 is 28.5 Å². The fourth-order valence-electron chi connectivity index (χ4n) is 5.13. The van der Waals surface area contributed by atoms with Gasteiger partial charge in [-0.3, -0.25) is 19.0 Å². The summed E-state index contributed by atoms with van der Waals surface area (Å²) in [6.45, 7) is 1.11. The molecule has 2 aromatic heterocycles. The molecule has 4 aromatic rings. The monoisotopic (exact) mass is 526 g/mol. The van der Waals surface area contributed by atoms with Gasteiger partial charge in [0.25, 0.3) is 5.56 Å². The van der Waals surface area contributed by atoms with E-state index in [9.17, 15) is 19.5 Å². The first kappa shape index (κ1) is 25.0. The Bertz CT molecular complexity index is 1570. The lowest BCUT2D eigenvalue weighted by Gasteiger charge is -2.38. The molecule has 39 heavy (non-hydrogen) atoms. The third-order valence-electron chi connectivity index (χ3n) is 7.55. The molecular formula is C29H30N6O4. The number of carbonyl (C=O) groups is 2. The molecule has 1 aliphatic carbocycles. The van der Waals surface area contributed by atoms with Crippen LogP contribution in [0.1, 0.15) is 31.2 Å². The predicted molar refractivity (Wildman–Crippen MR) is 145 cm³/mol. The summed E-state index contributed by atoms with van der Waals surface area (Å²) in [5.74, 6) is 0.242. The molecular weight excluding hydrogens is 496 g/mol. The van der Waals surface area contributed by atoms with E-state index in [1.165, 1.54) is 17.1 Å². The summed E-state index contributed by atoms with van der Waals surface area (Å²) < 4.78 is 3.01. The molecule has 2 fully saturated rings. The maximum Gasteiger partial charge on any atom is 0.264 e. The SMILES string of the molecule is O=C(Cc1ccccc1)Nc1ccc(-n2ncc3c(=O)n(CC4(O)CCN(C(=O)C5CC5)CC4)cnc32)cc1. The summed E-state index contributed by atoms with van der Waals surface area (Å²) in [5.41, 5.74) is 1.35. The van der Waals surface area contributed by atoms with Crippen molar-refractivity contribution in [3.8, 4) is 5.69 Å². The number of aliphatic hydroxyl groups is 1. The van der Waals surface area contributed by atoms with Crippen molar-refractivity contribution in [3.05, 3.63) is 83.0 Å². The minimum absolute atomic E-state index is 0.109. The lowest BCUT2D eigenvalue weighted by atomic mass is 9.91. The van der Waals surface area contributed by atoms with Crippen molar-refractivity contribution in [1.82, 2.24) is 24.2 Å². The molecule has 0 radical (unpaired) electrons. The number of rotatable bonds is 7. The minimum atomic E-state index is -1.07. The first-order chi connectivity index (χ1) is 18.9. The van der Waals surface area contributed by atoms with Gasteiger partial charge in [-0.2, -0.15) is 5.10 Å². The quantitative estimate of drug-likeness (QED) is 0.382. The zero-order valence-electron chi connectivity index (χ0n) is 21.5. The summed E-state index contributed by atoms with van der Waals surface area (Å²) in [4.78, 5) is 44.3. The Hall–Kier alpha value is -4.31. The molecule has 10 nitrogen and oxygen atoms in total. The van der Waals surface area contributed by atoms with Gasteiger partial charge in [0.1, 0.15) is 11.7 Å². The molecule has 2 aromatic carbocycles. The molecule has 0 atom stereocenters. The Balaban J connectivity index is 1.13. The molecule has 6 rings (SSSR count). The highest BCUT2D eigenvalue weighted by Crippen LogP contribution is 2.33. The maximum atomic E-state index is 13.2. The third kappa shape index (κ3) is 5.33.